The number of nitrogens with zero attached hydrogens (tertiary/aromatic N) is 4. The van der Waals surface area contributed by atoms with Crippen LogP contribution in [0.5, 0.6) is 11.5 Å². The van der Waals surface area contributed by atoms with Crippen LogP contribution in [0.4, 0.5) is 5.82 Å². The number of fused-ring (bicyclic) bond motifs is 5. The van der Waals surface area contributed by atoms with Crippen LogP contribution in [-0.4, -0.2) is 34.2 Å². The highest BCUT2D eigenvalue weighted by atomic mass is 32.1. The molecule has 1 aliphatic heterocycles. The van der Waals surface area contributed by atoms with Gasteiger partial charge in [-0.2, -0.15) is 5.10 Å². The van der Waals surface area contributed by atoms with E-state index in [-0.39, 0.29) is 0 Å². The van der Waals surface area contributed by atoms with Gasteiger partial charge in [-0.25, -0.2) is 0 Å². The van der Waals surface area contributed by atoms with Gasteiger partial charge in [0.05, 0.1) is 30.2 Å². The minimum absolute atomic E-state index is 0.384. The molecule has 136 valence electrons. The van der Waals surface area contributed by atoms with Crippen molar-refractivity contribution >= 4 is 28.1 Å². The number of ether oxygens (including phenoxy) is 2. The first kappa shape index (κ1) is 16.1. The fourth-order valence-corrected chi connectivity index (χ4v) is 4.37. The van der Waals surface area contributed by atoms with Gasteiger partial charge in [-0.15, -0.1) is 21.5 Å². The van der Waals surface area contributed by atoms with Crippen LogP contribution in [-0.2, 0) is 13.0 Å². The first-order chi connectivity index (χ1) is 13.2. The summed E-state index contributed by atoms with van der Waals surface area (Å²) in [4.78, 5) is 1.02. The lowest BCUT2D eigenvalue weighted by molar-refractivity contribution is 0.354. The van der Waals surface area contributed by atoms with E-state index in [1.165, 1.54) is 5.56 Å². The Bertz CT molecular complexity index is 1170. The summed E-state index contributed by atoms with van der Waals surface area (Å²) in [5, 5.41) is 16.2. The highest BCUT2D eigenvalue weighted by Crippen LogP contribution is 2.43. The largest absolute Gasteiger partial charge is 0.493 e. The number of nitrogen functional groups attached to an aromatic ring is 1. The number of thiophene rings is 1. The zero-order valence-corrected chi connectivity index (χ0v) is 15.7. The Morgan fingerprint density at radius 2 is 1.96 bits per heavy atom. The molecule has 0 unspecified atom stereocenters. The molecule has 5 rings (SSSR count). The Labute approximate surface area is 159 Å². The maximum Gasteiger partial charge on any atom is 0.161 e. The zero-order chi connectivity index (χ0) is 18.5. The molecule has 0 saturated heterocycles. The van der Waals surface area contributed by atoms with Gasteiger partial charge < -0.3 is 15.2 Å². The first-order valence-electron chi connectivity index (χ1n) is 8.53. The lowest BCUT2D eigenvalue weighted by Gasteiger charge is -2.20. The van der Waals surface area contributed by atoms with Gasteiger partial charge in [0.2, 0.25) is 0 Å². The van der Waals surface area contributed by atoms with Gasteiger partial charge in [0.1, 0.15) is 11.2 Å². The van der Waals surface area contributed by atoms with Crippen molar-refractivity contribution in [2.24, 2.45) is 0 Å². The van der Waals surface area contributed by atoms with Crippen molar-refractivity contribution < 1.29 is 9.47 Å². The predicted octanol–water partition coefficient (Wildman–Crippen LogP) is 3.38. The van der Waals surface area contributed by atoms with Crippen LogP contribution in [0.3, 0.4) is 0 Å². The summed E-state index contributed by atoms with van der Waals surface area (Å²) in [6.45, 7) is 0.760. The molecule has 7 nitrogen and oxygen atoms in total. The molecule has 8 heteroatoms. The predicted molar refractivity (Wildman–Crippen MR) is 105 cm³/mol. The molecule has 2 N–H and O–H groups in total. The third-order valence-electron chi connectivity index (χ3n) is 4.90. The Hall–Kier alpha value is -3.13. The third kappa shape index (κ3) is 2.30. The second kappa shape index (κ2) is 5.95. The van der Waals surface area contributed by atoms with E-state index < -0.39 is 0 Å². The van der Waals surface area contributed by atoms with E-state index in [0.29, 0.717) is 11.6 Å². The summed E-state index contributed by atoms with van der Waals surface area (Å²) in [5.74, 6) is 1.79. The first-order valence-corrected chi connectivity index (χ1v) is 9.41. The smallest absolute Gasteiger partial charge is 0.161 e. The van der Waals surface area contributed by atoms with E-state index in [9.17, 15) is 0 Å². The molecule has 0 radical (unpaired) electrons. The van der Waals surface area contributed by atoms with Crippen molar-refractivity contribution in [1.29, 1.82) is 0 Å². The Morgan fingerprint density at radius 1 is 1.15 bits per heavy atom. The number of aryl methyl sites for hydroxylation is 2. The molecule has 27 heavy (non-hydrogen) atoms. The number of rotatable bonds is 3. The lowest BCUT2D eigenvalue weighted by atomic mass is 9.96. The Kier molecular flexibility index (Phi) is 3.54. The van der Waals surface area contributed by atoms with Crippen LogP contribution in [0.15, 0.2) is 29.6 Å². The van der Waals surface area contributed by atoms with Gasteiger partial charge in [0.25, 0.3) is 0 Å². The van der Waals surface area contributed by atoms with Crippen molar-refractivity contribution in [2.45, 2.75) is 13.0 Å². The minimum atomic E-state index is 0.384. The number of benzene rings is 1. The average molecular weight is 379 g/mol. The number of methoxy groups -OCH3 is 2. The molecule has 0 fully saturated rings. The number of hydrogen-bond acceptors (Lipinski definition) is 7. The molecular formula is C19H17N5O2S. The normalized spacial score (nSPS) is 12.7. The summed E-state index contributed by atoms with van der Waals surface area (Å²) in [6, 6.07) is 8.03. The summed E-state index contributed by atoms with van der Waals surface area (Å²) in [7, 11) is 3.28. The molecule has 0 spiro atoms. The van der Waals surface area contributed by atoms with E-state index in [2.05, 4.69) is 10.2 Å². The van der Waals surface area contributed by atoms with Crippen molar-refractivity contribution in [2.75, 3.05) is 20.0 Å². The SMILES string of the molecule is COc1cc2c(cc1OC)-c1c3c(N)nnc(-c4cccs4)c3nn1CC2. The van der Waals surface area contributed by atoms with E-state index >= 15 is 0 Å². The quantitative estimate of drug-likeness (QED) is 0.587. The van der Waals surface area contributed by atoms with E-state index in [0.717, 1.165) is 51.4 Å². The summed E-state index contributed by atoms with van der Waals surface area (Å²) in [5.41, 5.74) is 11.0. The third-order valence-corrected chi connectivity index (χ3v) is 5.78. The minimum Gasteiger partial charge on any atom is -0.493 e. The second-order valence-corrected chi connectivity index (χ2v) is 7.27. The molecule has 3 aromatic heterocycles. The van der Waals surface area contributed by atoms with Gasteiger partial charge in [-0.3, -0.25) is 4.68 Å². The number of anilines is 1. The van der Waals surface area contributed by atoms with E-state index in [1.54, 1.807) is 25.6 Å². The van der Waals surface area contributed by atoms with Crippen LogP contribution in [0.1, 0.15) is 5.56 Å². The van der Waals surface area contributed by atoms with Crippen LogP contribution in [0.2, 0.25) is 0 Å². The van der Waals surface area contributed by atoms with Crippen molar-refractivity contribution in [3.05, 3.63) is 35.2 Å². The molecule has 0 bridgehead atoms. The van der Waals surface area contributed by atoms with Gasteiger partial charge in [0.15, 0.2) is 17.3 Å². The molecular weight excluding hydrogens is 362 g/mol. The van der Waals surface area contributed by atoms with Crippen molar-refractivity contribution in [3.63, 3.8) is 0 Å². The topological polar surface area (TPSA) is 88.1 Å². The lowest BCUT2D eigenvalue weighted by Crippen LogP contribution is -2.12. The molecule has 4 heterocycles. The van der Waals surface area contributed by atoms with Crippen molar-refractivity contribution in [1.82, 2.24) is 20.0 Å². The van der Waals surface area contributed by atoms with Crippen LogP contribution < -0.4 is 15.2 Å². The fraction of sp³-hybridized carbons (Fsp3) is 0.211. The number of nitrogens with two attached hydrogens (primary N) is 1. The maximum atomic E-state index is 6.25. The molecule has 1 aromatic carbocycles. The molecule has 4 aromatic rings. The zero-order valence-electron chi connectivity index (χ0n) is 14.9. The van der Waals surface area contributed by atoms with Gasteiger partial charge in [-0.1, -0.05) is 6.07 Å². The Balaban J connectivity index is 1.83. The van der Waals surface area contributed by atoms with E-state index in [4.69, 9.17) is 20.3 Å². The standard InChI is InChI=1S/C19H17N5O2S/c1-25-12-8-10-5-6-24-18(11(10)9-13(12)26-2)15-17(23-24)16(21-22-19(15)20)14-4-3-7-27-14/h3-4,7-9H,5-6H2,1-2H3,(H2,20,22). The van der Waals surface area contributed by atoms with Gasteiger partial charge in [-0.05, 0) is 35.6 Å². The average Bonchev–Trinajstić information content (AvgIpc) is 3.35. The molecule has 0 atom stereocenters. The molecule has 0 amide bonds. The molecule has 0 saturated carbocycles. The fourth-order valence-electron chi connectivity index (χ4n) is 3.66. The summed E-state index contributed by atoms with van der Waals surface area (Å²) in [6.07, 6.45) is 0.853. The van der Waals surface area contributed by atoms with Crippen molar-refractivity contribution in [3.8, 4) is 33.3 Å². The highest BCUT2D eigenvalue weighted by molar-refractivity contribution is 7.13. The maximum absolute atomic E-state index is 6.25. The summed E-state index contributed by atoms with van der Waals surface area (Å²) >= 11 is 1.61. The summed E-state index contributed by atoms with van der Waals surface area (Å²) < 4.78 is 13.0. The van der Waals surface area contributed by atoms with E-state index in [1.807, 2.05) is 34.3 Å². The molecule has 0 aliphatic carbocycles. The highest BCUT2D eigenvalue weighted by Gasteiger charge is 2.27. The van der Waals surface area contributed by atoms with Crippen LogP contribution in [0, 0.1) is 0 Å². The number of aromatic nitrogens is 4. The van der Waals surface area contributed by atoms with Crippen LogP contribution in [0.25, 0.3) is 32.7 Å². The molecule has 1 aliphatic rings. The van der Waals surface area contributed by atoms with Gasteiger partial charge >= 0.3 is 0 Å². The van der Waals surface area contributed by atoms with Gasteiger partial charge in [0, 0.05) is 12.1 Å². The number of hydrogen-bond donors (Lipinski definition) is 1. The monoisotopic (exact) mass is 379 g/mol. The second-order valence-electron chi connectivity index (χ2n) is 6.32. The van der Waals surface area contributed by atoms with Crippen LogP contribution >= 0.6 is 11.3 Å². The Morgan fingerprint density at radius 3 is 2.70 bits per heavy atom.